The Balaban J connectivity index is 1.92. The number of hydrogen-bond acceptors (Lipinski definition) is 6. The van der Waals surface area contributed by atoms with Crippen molar-refractivity contribution >= 4 is 5.91 Å². The van der Waals surface area contributed by atoms with Gasteiger partial charge < -0.3 is 19.7 Å². The summed E-state index contributed by atoms with van der Waals surface area (Å²) in [6, 6.07) is 5.64. The van der Waals surface area contributed by atoms with Crippen molar-refractivity contribution in [2.24, 2.45) is 0 Å². The van der Waals surface area contributed by atoms with Gasteiger partial charge in [0.05, 0.1) is 13.3 Å². The monoisotopic (exact) mass is 358 g/mol. The summed E-state index contributed by atoms with van der Waals surface area (Å²) in [6.45, 7) is 8.10. The summed E-state index contributed by atoms with van der Waals surface area (Å²) in [5.74, 6) is 1.08. The molecule has 0 aliphatic carbocycles. The topological polar surface area (TPSA) is 76.6 Å². The Morgan fingerprint density at radius 3 is 2.65 bits per heavy atom. The number of aromatic nitrogens is 2. The van der Waals surface area contributed by atoms with E-state index >= 15 is 0 Å². The SMILES string of the molecule is CCN(CC)CCOc1ccc(CNC(=O)c2cnccn2)cc1OC. The van der Waals surface area contributed by atoms with E-state index in [-0.39, 0.29) is 11.6 Å². The fourth-order valence-electron chi connectivity index (χ4n) is 2.45. The Morgan fingerprint density at radius 1 is 1.19 bits per heavy atom. The van der Waals surface area contributed by atoms with Crippen molar-refractivity contribution in [1.29, 1.82) is 0 Å². The van der Waals surface area contributed by atoms with E-state index in [4.69, 9.17) is 9.47 Å². The summed E-state index contributed by atoms with van der Waals surface area (Å²) in [5, 5.41) is 2.81. The summed E-state index contributed by atoms with van der Waals surface area (Å²) in [6.07, 6.45) is 4.45. The third-order valence-electron chi connectivity index (χ3n) is 4.04. The molecule has 1 amide bonds. The summed E-state index contributed by atoms with van der Waals surface area (Å²) < 4.78 is 11.3. The lowest BCUT2D eigenvalue weighted by Gasteiger charge is -2.19. The second kappa shape index (κ2) is 10.4. The predicted molar refractivity (Wildman–Crippen MR) is 99.5 cm³/mol. The average molecular weight is 358 g/mol. The molecule has 1 heterocycles. The molecular weight excluding hydrogens is 332 g/mol. The van der Waals surface area contributed by atoms with Gasteiger partial charge in [-0.15, -0.1) is 0 Å². The molecular formula is C19H26N4O3. The number of nitrogens with zero attached hydrogens (tertiary/aromatic N) is 3. The van der Waals surface area contributed by atoms with E-state index in [0.29, 0.717) is 24.7 Å². The number of nitrogens with one attached hydrogen (secondary N) is 1. The van der Waals surface area contributed by atoms with Crippen molar-refractivity contribution in [3.05, 3.63) is 48.0 Å². The zero-order valence-corrected chi connectivity index (χ0v) is 15.6. The molecule has 0 radical (unpaired) electrons. The maximum absolute atomic E-state index is 12.0. The number of methoxy groups -OCH3 is 1. The molecule has 0 saturated heterocycles. The fraction of sp³-hybridized carbons (Fsp3) is 0.421. The van der Waals surface area contributed by atoms with Crippen molar-refractivity contribution in [1.82, 2.24) is 20.2 Å². The van der Waals surface area contributed by atoms with Crippen LogP contribution in [0.3, 0.4) is 0 Å². The molecule has 0 saturated carbocycles. The van der Waals surface area contributed by atoms with Gasteiger partial charge >= 0.3 is 0 Å². The molecule has 0 aliphatic heterocycles. The van der Waals surface area contributed by atoms with Crippen LogP contribution in [-0.4, -0.2) is 54.1 Å². The van der Waals surface area contributed by atoms with Crippen LogP contribution in [-0.2, 0) is 6.54 Å². The van der Waals surface area contributed by atoms with Crippen LogP contribution in [0.5, 0.6) is 11.5 Å². The second-order valence-electron chi connectivity index (χ2n) is 5.63. The first kappa shape index (κ1) is 19.7. The molecule has 0 bridgehead atoms. The molecule has 7 nitrogen and oxygen atoms in total. The van der Waals surface area contributed by atoms with Crippen molar-refractivity contribution in [2.75, 3.05) is 33.4 Å². The molecule has 0 spiro atoms. The molecule has 2 rings (SSSR count). The molecule has 1 aromatic carbocycles. The van der Waals surface area contributed by atoms with Crippen LogP contribution >= 0.6 is 0 Å². The van der Waals surface area contributed by atoms with Crippen LogP contribution in [0.1, 0.15) is 29.9 Å². The smallest absolute Gasteiger partial charge is 0.271 e. The first-order valence-electron chi connectivity index (χ1n) is 8.74. The number of ether oxygens (including phenoxy) is 2. The van der Waals surface area contributed by atoms with Gasteiger partial charge in [-0.1, -0.05) is 19.9 Å². The van der Waals surface area contributed by atoms with Gasteiger partial charge in [-0.3, -0.25) is 9.78 Å². The van der Waals surface area contributed by atoms with Crippen LogP contribution in [0.25, 0.3) is 0 Å². The Labute approximate surface area is 154 Å². The van der Waals surface area contributed by atoms with E-state index in [1.807, 2.05) is 18.2 Å². The van der Waals surface area contributed by atoms with Crippen molar-refractivity contribution < 1.29 is 14.3 Å². The fourth-order valence-corrected chi connectivity index (χ4v) is 2.45. The van der Waals surface area contributed by atoms with E-state index in [2.05, 4.69) is 34.0 Å². The third kappa shape index (κ3) is 5.70. The highest BCUT2D eigenvalue weighted by Gasteiger charge is 2.10. The van der Waals surface area contributed by atoms with Gasteiger partial charge in [0.2, 0.25) is 0 Å². The average Bonchev–Trinajstić information content (AvgIpc) is 2.70. The maximum atomic E-state index is 12.0. The lowest BCUT2D eigenvalue weighted by atomic mass is 10.2. The molecule has 0 fully saturated rings. The number of carbonyl (C=O) groups excluding carboxylic acids is 1. The van der Waals surface area contributed by atoms with Crippen LogP contribution < -0.4 is 14.8 Å². The molecule has 0 unspecified atom stereocenters. The van der Waals surface area contributed by atoms with Crippen LogP contribution in [0, 0.1) is 0 Å². The Hall–Kier alpha value is -2.67. The predicted octanol–water partition coefficient (Wildman–Crippen LogP) is 2.14. The molecule has 7 heteroatoms. The number of benzene rings is 1. The van der Waals surface area contributed by atoms with Crippen molar-refractivity contribution in [3.63, 3.8) is 0 Å². The Morgan fingerprint density at radius 2 is 2.00 bits per heavy atom. The van der Waals surface area contributed by atoms with Gasteiger partial charge in [0.25, 0.3) is 5.91 Å². The molecule has 0 aliphatic rings. The molecule has 140 valence electrons. The standard InChI is InChI=1S/C19H26N4O3/c1-4-23(5-2)10-11-26-17-7-6-15(12-18(17)25-3)13-22-19(24)16-14-20-8-9-21-16/h6-9,12,14H,4-5,10-11,13H2,1-3H3,(H,22,24). The van der Waals surface area contributed by atoms with Crippen LogP contribution in [0.2, 0.25) is 0 Å². The molecule has 0 atom stereocenters. The highest BCUT2D eigenvalue weighted by atomic mass is 16.5. The first-order valence-corrected chi connectivity index (χ1v) is 8.74. The quantitative estimate of drug-likeness (QED) is 0.701. The lowest BCUT2D eigenvalue weighted by Crippen LogP contribution is -2.28. The summed E-state index contributed by atoms with van der Waals surface area (Å²) >= 11 is 0. The number of likely N-dealkylation sites (N-methyl/N-ethyl adjacent to an activating group) is 1. The van der Waals surface area contributed by atoms with Gasteiger partial charge in [0.1, 0.15) is 12.3 Å². The minimum atomic E-state index is -0.267. The first-order chi connectivity index (χ1) is 12.7. The molecule has 1 aromatic heterocycles. The van der Waals surface area contributed by atoms with E-state index in [1.54, 1.807) is 7.11 Å². The molecule has 2 aromatic rings. The summed E-state index contributed by atoms with van der Waals surface area (Å²) in [4.78, 5) is 22.2. The number of carbonyl (C=O) groups is 1. The van der Waals surface area contributed by atoms with E-state index in [9.17, 15) is 4.79 Å². The van der Waals surface area contributed by atoms with E-state index in [0.717, 1.165) is 25.2 Å². The summed E-state index contributed by atoms with van der Waals surface area (Å²) in [5.41, 5.74) is 1.20. The van der Waals surface area contributed by atoms with Gasteiger partial charge in [-0.2, -0.15) is 0 Å². The van der Waals surface area contributed by atoms with E-state index < -0.39 is 0 Å². The second-order valence-corrected chi connectivity index (χ2v) is 5.63. The highest BCUT2D eigenvalue weighted by molar-refractivity contribution is 5.91. The molecule has 1 N–H and O–H groups in total. The van der Waals surface area contributed by atoms with Crippen molar-refractivity contribution in [3.8, 4) is 11.5 Å². The number of amides is 1. The Bertz CT molecular complexity index is 690. The minimum Gasteiger partial charge on any atom is -0.493 e. The number of hydrogen-bond donors (Lipinski definition) is 1. The van der Waals surface area contributed by atoms with Gasteiger partial charge in [0, 0.05) is 25.5 Å². The van der Waals surface area contributed by atoms with Crippen LogP contribution in [0.4, 0.5) is 0 Å². The normalized spacial score (nSPS) is 10.6. The Kier molecular flexibility index (Phi) is 7.82. The molecule has 26 heavy (non-hydrogen) atoms. The largest absolute Gasteiger partial charge is 0.493 e. The van der Waals surface area contributed by atoms with Gasteiger partial charge in [-0.05, 0) is 30.8 Å². The van der Waals surface area contributed by atoms with Gasteiger partial charge in [-0.25, -0.2) is 4.98 Å². The number of rotatable bonds is 10. The lowest BCUT2D eigenvalue weighted by molar-refractivity contribution is 0.0945. The van der Waals surface area contributed by atoms with Crippen LogP contribution in [0.15, 0.2) is 36.8 Å². The minimum absolute atomic E-state index is 0.267. The summed E-state index contributed by atoms with van der Waals surface area (Å²) in [7, 11) is 1.61. The van der Waals surface area contributed by atoms with Gasteiger partial charge in [0.15, 0.2) is 11.5 Å². The zero-order valence-electron chi connectivity index (χ0n) is 15.6. The zero-order chi connectivity index (χ0) is 18.8. The third-order valence-corrected chi connectivity index (χ3v) is 4.04. The van der Waals surface area contributed by atoms with Crippen molar-refractivity contribution in [2.45, 2.75) is 20.4 Å². The maximum Gasteiger partial charge on any atom is 0.271 e. The highest BCUT2D eigenvalue weighted by Crippen LogP contribution is 2.28. The van der Waals surface area contributed by atoms with E-state index in [1.165, 1.54) is 18.6 Å².